The molecule has 3 unspecified atom stereocenters. The van der Waals surface area contributed by atoms with Gasteiger partial charge in [0.1, 0.15) is 35.9 Å². The first-order chi connectivity index (χ1) is 16.6. The highest BCUT2D eigenvalue weighted by Crippen LogP contribution is 2.31. The van der Waals surface area contributed by atoms with E-state index >= 15 is 0 Å². The highest BCUT2D eigenvalue weighted by atomic mass is 16.5. The van der Waals surface area contributed by atoms with Crippen molar-refractivity contribution in [1.82, 2.24) is 14.9 Å². The second kappa shape index (κ2) is 11.1. The lowest BCUT2D eigenvalue weighted by molar-refractivity contribution is 0.0649. The summed E-state index contributed by atoms with van der Waals surface area (Å²) in [5.41, 5.74) is 1.37. The maximum Gasteiger partial charge on any atom is 0.229 e. The third-order valence-corrected chi connectivity index (χ3v) is 6.51. The minimum Gasteiger partial charge on any atom is -0.490 e. The van der Waals surface area contributed by atoms with E-state index in [-0.39, 0.29) is 6.61 Å². The fourth-order valence-corrected chi connectivity index (χ4v) is 4.86. The van der Waals surface area contributed by atoms with Crippen molar-refractivity contribution in [2.24, 2.45) is 5.92 Å². The monoisotopic (exact) mass is 461 g/mol. The Labute approximate surface area is 200 Å². The molecule has 9 nitrogen and oxygen atoms in total. The van der Waals surface area contributed by atoms with Crippen LogP contribution in [0.2, 0.25) is 0 Å². The molecule has 0 bridgehead atoms. The Hall–Kier alpha value is -3.40. The van der Waals surface area contributed by atoms with E-state index in [0.717, 1.165) is 6.54 Å². The lowest BCUT2D eigenvalue weighted by Gasteiger charge is -2.44. The van der Waals surface area contributed by atoms with Crippen LogP contribution >= 0.6 is 0 Å². The third kappa shape index (κ3) is 5.74. The fourth-order valence-electron chi connectivity index (χ4n) is 4.86. The molecular weight excluding hydrogens is 430 g/mol. The first kappa shape index (κ1) is 23.7. The number of aromatic nitrogens is 2. The fraction of sp³-hybridized carbons (Fsp3) is 0.520. The number of rotatable bonds is 8. The van der Waals surface area contributed by atoms with Crippen LogP contribution in [-0.2, 0) is 0 Å². The van der Waals surface area contributed by atoms with Crippen LogP contribution in [0.4, 0.5) is 17.5 Å². The number of nitrogens with one attached hydrogen (secondary N) is 2. The van der Waals surface area contributed by atoms with Gasteiger partial charge in [0, 0.05) is 18.3 Å². The normalized spacial score (nSPS) is 20.9. The third-order valence-electron chi connectivity index (χ3n) is 6.51. The molecule has 9 heteroatoms. The second-order valence-electron chi connectivity index (χ2n) is 9.06. The van der Waals surface area contributed by atoms with E-state index in [4.69, 9.17) is 4.74 Å². The molecule has 0 amide bonds. The van der Waals surface area contributed by atoms with Gasteiger partial charge in [-0.15, -0.1) is 0 Å². The van der Waals surface area contributed by atoms with E-state index in [1.54, 1.807) is 25.1 Å². The van der Waals surface area contributed by atoms with Crippen LogP contribution in [0.3, 0.4) is 0 Å². The number of fused-ring (bicyclic) bond motifs is 1. The minimum atomic E-state index is -0.628. The predicted molar refractivity (Wildman–Crippen MR) is 129 cm³/mol. The lowest BCUT2D eigenvalue weighted by Crippen LogP contribution is -2.49. The standard InChI is InChI=1S/C25H31N7O2/c1-17(33)16-34-23-8-7-21(11-19(23)12-26)30-25-29-15-20(13-27)24(31-25)28-14-18-5-4-10-32-9-3-2-6-22(18)32/h7-8,11,15,17-18,22,33H,2-6,9-10,14,16H2,1H3,(H2,28,29,30,31). The van der Waals surface area contributed by atoms with Gasteiger partial charge in [-0.25, -0.2) is 4.98 Å². The number of hydrogen-bond acceptors (Lipinski definition) is 9. The summed E-state index contributed by atoms with van der Waals surface area (Å²) in [5.74, 6) is 1.80. The molecule has 2 aliphatic heterocycles. The van der Waals surface area contributed by atoms with E-state index in [9.17, 15) is 15.6 Å². The van der Waals surface area contributed by atoms with Gasteiger partial charge in [-0.2, -0.15) is 15.5 Å². The molecule has 1 aromatic carbocycles. The zero-order chi connectivity index (χ0) is 23.9. The van der Waals surface area contributed by atoms with Gasteiger partial charge in [0.15, 0.2) is 0 Å². The Kier molecular flexibility index (Phi) is 7.79. The largest absolute Gasteiger partial charge is 0.490 e. The first-order valence-electron chi connectivity index (χ1n) is 11.9. The van der Waals surface area contributed by atoms with Crippen LogP contribution in [0.5, 0.6) is 5.75 Å². The Balaban J connectivity index is 1.45. The van der Waals surface area contributed by atoms with E-state index in [1.807, 2.05) is 0 Å². The van der Waals surface area contributed by atoms with Crippen LogP contribution in [0.15, 0.2) is 24.4 Å². The zero-order valence-corrected chi connectivity index (χ0v) is 19.5. The molecule has 0 aliphatic carbocycles. The second-order valence-corrected chi connectivity index (χ2v) is 9.06. The van der Waals surface area contributed by atoms with Crippen molar-refractivity contribution in [3.05, 3.63) is 35.5 Å². The molecule has 4 rings (SSSR count). The summed E-state index contributed by atoms with van der Waals surface area (Å²) in [6.07, 6.45) is 7.10. The number of nitriles is 2. The Morgan fingerprint density at radius 1 is 1.18 bits per heavy atom. The van der Waals surface area contributed by atoms with Crippen LogP contribution in [0.25, 0.3) is 0 Å². The molecule has 178 valence electrons. The van der Waals surface area contributed by atoms with Gasteiger partial charge in [0.25, 0.3) is 0 Å². The number of ether oxygens (including phenoxy) is 1. The molecule has 2 saturated heterocycles. The summed E-state index contributed by atoms with van der Waals surface area (Å²) in [4.78, 5) is 11.4. The van der Waals surface area contributed by atoms with Crippen LogP contribution in [-0.4, -0.2) is 58.4 Å². The maximum atomic E-state index is 9.55. The molecule has 2 aliphatic rings. The number of benzene rings is 1. The van der Waals surface area contributed by atoms with Crippen LogP contribution in [0.1, 0.15) is 50.2 Å². The average molecular weight is 462 g/mol. The molecule has 1 aromatic heterocycles. The van der Waals surface area contributed by atoms with E-state index in [1.165, 1.54) is 51.4 Å². The molecule has 0 saturated carbocycles. The van der Waals surface area contributed by atoms with Gasteiger partial charge in [0.05, 0.1) is 17.9 Å². The van der Waals surface area contributed by atoms with Crippen molar-refractivity contribution in [3.8, 4) is 17.9 Å². The number of aliphatic hydroxyl groups excluding tert-OH is 1. The van der Waals surface area contributed by atoms with Gasteiger partial charge < -0.3 is 25.4 Å². The molecule has 0 radical (unpaired) electrons. The van der Waals surface area contributed by atoms with Gasteiger partial charge in [-0.05, 0) is 69.8 Å². The summed E-state index contributed by atoms with van der Waals surface area (Å²) in [6, 6.07) is 9.96. The number of piperidine rings is 2. The van der Waals surface area contributed by atoms with E-state index < -0.39 is 6.10 Å². The van der Waals surface area contributed by atoms with Crippen molar-refractivity contribution in [3.63, 3.8) is 0 Å². The SMILES string of the molecule is CC(O)COc1ccc(Nc2ncc(C#N)c(NCC3CCCN4CCCCC34)n2)cc1C#N. The molecule has 3 N–H and O–H groups in total. The maximum absolute atomic E-state index is 9.55. The summed E-state index contributed by atoms with van der Waals surface area (Å²) in [5, 5.41) is 34.9. The van der Waals surface area contributed by atoms with Gasteiger partial charge >= 0.3 is 0 Å². The Morgan fingerprint density at radius 2 is 2.00 bits per heavy atom. The molecule has 2 aromatic rings. The summed E-state index contributed by atoms with van der Waals surface area (Å²) < 4.78 is 5.49. The predicted octanol–water partition coefficient (Wildman–Crippen LogP) is 3.40. The van der Waals surface area contributed by atoms with E-state index in [2.05, 4.69) is 37.6 Å². The van der Waals surface area contributed by atoms with Crippen molar-refractivity contribution < 1.29 is 9.84 Å². The van der Waals surface area contributed by atoms with Crippen molar-refractivity contribution in [2.75, 3.05) is 36.9 Å². The number of anilines is 3. The van der Waals surface area contributed by atoms with Crippen molar-refractivity contribution >= 4 is 17.5 Å². The van der Waals surface area contributed by atoms with Crippen molar-refractivity contribution in [2.45, 2.75) is 51.2 Å². The minimum absolute atomic E-state index is 0.106. The molecule has 3 atom stereocenters. The van der Waals surface area contributed by atoms with Gasteiger partial charge in [-0.1, -0.05) is 6.42 Å². The molecular formula is C25H31N7O2. The zero-order valence-electron chi connectivity index (χ0n) is 19.5. The van der Waals surface area contributed by atoms with Gasteiger partial charge in [-0.3, -0.25) is 0 Å². The highest BCUT2D eigenvalue weighted by Gasteiger charge is 2.32. The molecule has 34 heavy (non-hydrogen) atoms. The Bertz CT molecular complexity index is 1070. The highest BCUT2D eigenvalue weighted by molar-refractivity contribution is 5.62. The molecule has 2 fully saturated rings. The topological polar surface area (TPSA) is 130 Å². The van der Waals surface area contributed by atoms with Crippen molar-refractivity contribution in [1.29, 1.82) is 10.5 Å². The average Bonchev–Trinajstić information content (AvgIpc) is 2.86. The number of nitrogens with zero attached hydrogens (tertiary/aromatic N) is 5. The van der Waals surface area contributed by atoms with Crippen LogP contribution < -0.4 is 15.4 Å². The quantitative estimate of drug-likeness (QED) is 0.541. The molecule has 3 heterocycles. The summed E-state index contributed by atoms with van der Waals surface area (Å²) in [7, 11) is 0. The summed E-state index contributed by atoms with van der Waals surface area (Å²) in [6.45, 7) is 4.89. The van der Waals surface area contributed by atoms with Crippen LogP contribution in [0, 0.1) is 28.6 Å². The van der Waals surface area contributed by atoms with E-state index in [0.29, 0.717) is 46.3 Å². The Morgan fingerprint density at radius 3 is 2.79 bits per heavy atom. The first-order valence-corrected chi connectivity index (χ1v) is 11.9. The number of hydrogen-bond donors (Lipinski definition) is 3. The smallest absolute Gasteiger partial charge is 0.229 e. The van der Waals surface area contributed by atoms with Gasteiger partial charge in [0.2, 0.25) is 5.95 Å². The number of aliphatic hydroxyl groups is 1. The summed E-state index contributed by atoms with van der Waals surface area (Å²) >= 11 is 0. The molecule has 0 spiro atoms. The lowest BCUT2D eigenvalue weighted by atomic mass is 9.83.